The molecule has 1 aliphatic carbocycles. The highest BCUT2D eigenvalue weighted by Gasteiger charge is 2.24. The maximum Gasteiger partial charge on any atom is 0.236 e. The number of likely N-dealkylation sites (N-methyl/N-ethyl adjacent to an activating group) is 1. The van der Waals surface area contributed by atoms with Crippen LogP contribution in [-0.4, -0.2) is 25.6 Å². The number of aryl methyl sites for hydroxylation is 1. The number of ether oxygens (including phenoxy) is 1. The van der Waals surface area contributed by atoms with Crippen LogP contribution in [0.3, 0.4) is 0 Å². The minimum atomic E-state index is -0.183. The molecule has 4 nitrogen and oxygen atoms in total. The first-order valence-electron chi connectivity index (χ1n) is 7.36. The largest absolute Gasteiger partial charge is 0.497 e. The lowest BCUT2D eigenvalue weighted by Crippen LogP contribution is -2.44. The third kappa shape index (κ3) is 3.31. The van der Waals surface area contributed by atoms with Crippen LogP contribution >= 0.6 is 0 Å². The van der Waals surface area contributed by atoms with Crippen molar-refractivity contribution in [2.75, 3.05) is 13.7 Å². The van der Waals surface area contributed by atoms with Gasteiger partial charge in [-0.25, -0.2) is 0 Å². The number of carbonyl (C=O) groups is 1. The lowest BCUT2D eigenvalue weighted by Gasteiger charge is -2.29. The van der Waals surface area contributed by atoms with Gasteiger partial charge >= 0.3 is 0 Å². The van der Waals surface area contributed by atoms with Crippen LogP contribution in [0.4, 0.5) is 0 Å². The number of carbonyl (C=O) groups excluding carboxylic acids is 1. The van der Waals surface area contributed by atoms with Crippen molar-refractivity contribution in [1.82, 2.24) is 10.6 Å². The molecule has 1 aromatic rings. The van der Waals surface area contributed by atoms with E-state index in [2.05, 4.69) is 22.8 Å². The molecule has 2 unspecified atom stereocenters. The van der Waals surface area contributed by atoms with E-state index in [1.165, 1.54) is 11.1 Å². The Bertz CT molecular complexity index is 474. The number of amides is 1. The van der Waals surface area contributed by atoms with Crippen LogP contribution in [-0.2, 0) is 11.2 Å². The van der Waals surface area contributed by atoms with Crippen LogP contribution in [0.2, 0.25) is 0 Å². The predicted molar refractivity (Wildman–Crippen MR) is 80.0 cm³/mol. The van der Waals surface area contributed by atoms with Crippen molar-refractivity contribution in [1.29, 1.82) is 0 Å². The Hall–Kier alpha value is -1.55. The molecular weight excluding hydrogens is 252 g/mol. The predicted octanol–water partition coefficient (Wildman–Crippen LogP) is 2.19. The van der Waals surface area contributed by atoms with Crippen molar-refractivity contribution in [2.24, 2.45) is 0 Å². The quantitative estimate of drug-likeness (QED) is 0.866. The third-order valence-corrected chi connectivity index (χ3v) is 3.86. The molecule has 0 heterocycles. The summed E-state index contributed by atoms with van der Waals surface area (Å²) < 4.78 is 5.31. The SMILES string of the molecule is CCNC(=O)C(C)NC1CCCc2ccc(OC)cc21. The summed E-state index contributed by atoms with van der Waals surface area (Å²) in [6, 6.07) is 6.28. The molecule has 2 rings (SSSR count). The summed E-state index contributed by atoms with van der Waals surface area (Å²) in [5.41, 5.74) is 2.63. The Labute approximate surface area is 120 Å². The van der Waals surface area contributed by atoms with Gasteiger partial charge in [-0.15, -0.1) is 0 Å². The van der Waals surface area contributed by atoms with E-state index in [0.29, 0.717) is 6.54 Å². The maximum atomic E-state index is 11.9. The molecule has 0 fully saturated rings. The van der Waals surface area contributed by atoms with Crippen molar-refractivity contribution >= 4 is 5.91 Å². The molecule has 4 heteroatoms. The van der Waals surface area contributed by atoms with E-state index >= 15 is 0 Å². The number of benzene rings is 1. The maximum absolute atomic E-state index is 11.9. The summed E-state index contributed by atoms with van der Waals surface area (Å²) in [6.45, 7) is 4.52. The highest BCUT2D eigenvalue weighted by molar-refractivity contribution is 5.81. The van der Waals surface area contributed by atoms with Crippen molar-refractivity contribution < 1.29 is 9.53 Å². The third-order valence-electron chi connectivity index (χ3n) is 3.86. The molecular formula is C16H24N2O2. The molecule has 0 spiro atoms. The number of hydrogen-bond acceptors (Lipinski definition) is 3. The number of fused-ring (bicyclic) bond motifs is 1. The van der Waals surface area contributed by atoms with Gasteiger partial charge in [0.1, 0.15) is 5.75 Å². The molecule has 110 valence electrons. The molecule has 1 aromatic carbocycles. The number of nitrogens with one attached hydrogen (secondary N) is 2. The minimum absolute atomic E-state index is 0.0579. The van der Waals surface area contributed by atoms with Crippen molar-refractivity contribution in [3.8, 4) is 5.75 Å². The zero-order valence-corrected chi connectivity index (χ0v) is 12.5. The Kier molecular flexibility index (Phi) is 5.01. The molecule has 0 aromatic heterocycles. The summed E-state index contributed by atoms with van der Waals surface area (Å²) in [7, 11) is 1.68. The monoisotopic (exact) mass is 276 g/mol. The summed E-state index contributed by atoms with van der Waals surface area (Å²) in [6.07, 6.45) is 3.32. The van der Waals surface area contributed by atoms with Gasteiger partial charge in [0.15, 0.2) is 0 Å². The average Bonchev–Trinajstić information content (AvgIpc) is 2.47. The first-order chi connectivity index (χ1) is 9.65. The van der Waals surface area contributed by atoms with Gasteiger partial charge < -0.3 is 10.1 Å². The van der Waals surface area contributed by atoms with E-state index < -0.39 is 0 Å². The lowest BCUT2D eigenvalue weighted by atomic mass is 9.87. The van der Waals surface area contributed by atoms with Crippen LogP contribution in [0.5, 0.6) is 5.75 Å². The Morgan fingerprint density at radius 3 is 3.00 bits per heavy atom. The van der Waals surface area contributed by atoms with Gasteiger partial charge in [0.2, 0.25) is 5.91 Å². The fourth-order valence-corrected chi connectivity index (χ4v) is 2.78. The molecule has 1 aliphatic rings. The van der Waals surface area contributed by atoms with Crippen molar-refractivity contribution in [3.05, 3.63) is 29.3 Å². The van der Waals surface area contributed by atoms with Crippen LogP contribution in [0.15, 0.2) is 18.2 Å². The highest BCUT2D eigenvalue weighted by Crippen LogP contribution is 2.32. The molecule has 2 atom stereocenters. The van der Waals surface area contributed by atoms with Crippen LogP contribution in [0, 0.1) is 0 Å². The van der Waals surface area contributed by atoms with E-state index in [-0.39, 0.29) is 18.0 Å². The van der Waals surface area contributed by atoms with Gasteiger partial charge in [-0.1, -0.05) is 6.07 Å². The summed E-state index contributed by atoms with van der Waals surface area (Å²) >= 11 is 0. The Balaban J connectivity index is 2.13. The second-order valence-electron chi connectivity index (χ2n) is 5.29. The van der Waals surface area contributed by atoms with E-state index in [1.807, 2.05) is 19.9 Å². The van der Waals surface area contributed by atoms with Gasteiger partial charge in [-0.05, 0) is 56.4 Å². The molecule has 0 bridgehead atoms. The van der Waals surface area contributed by atoms with Crippen LogP contribution in [0.25, 0.3) is 0 Å². The molecule has 0 saturated carbocycles. The van der Waals surface area contributed by atoms with Gasteiger partial charge in [-0.3, -0.25) is 10.1 Å². The van der Waals surface area contributed by atoms with Gasteiger partial charge in [0, 0.05) is 12.6 Å². The van der Waals surface area contributed by atoms with Crippen LogP contribution < -0.4 is 15.4 Å². The average molecular weight is 276 g/mol. The van der Waals surface area contributed by atoms with Crippen molar-refractivity contribution in [3.63, 3.8) is 0 Å². The summed E-state index contributed by atoms with van der Waals surface area (Å²) in [5.74, 6) is 0.936. The van der Waals surface area contributed by atoms with E-state index in [0.717, 1.165) is 25.0 Å². The second kappa shape index (κ2) is 6.75. The lowest BCUT2D eigenvalue weighted by molar-refractivity contribution is -0.122. The first-order valence-corrected chi connectivity index (χ1v) is 7.36. The van der Waals surface area contributed by atoms with E-state index in [4.69, 9.17) is 4.74 Å². The zero-order chi connectivity index (χ0) is 14.5. The van der Waals surface area contributed by atoms with Gasteiger partial charge in [0.05, 0.1) is 13.2 Å². The standard InChI is InChI=1S/C16H24N2O2/c1-4-17-16(19)11(2)18-15-7-5-6-12-8-9-13(20-3)10-14(12)15/h8-11,15,18H,4-7H2,1-3H3,(H,17,19). The zero-order valence-electron chi connectivity index (χ0n) is 12.5. The van der Waals surface area contributed by atoms with Gasteiger partial charge in [-0.2, -0.15) is 0 Å². The van der Waals surface area contributed by atoms with E-state index in [9.17, 15) is 4.79 Å². The normalized spacial score (nSPS) is 19.1. The van der Waals surface area contributed by atoms with Crippen molar-refractivity contribution in [2.45, 2.75) is 45.2 Å². The van der Waals surface area contributed by atoms with Gasteiger partial charge in [0.25, 0.3) is 0 Å². The molecule has 20 heavy (non-hydrogen) atoms. The number of rotatable bonds is 5. The van der Waals surface area contributed by atoms with Crippen LogP contribution in [0.1, 0.15) is 43.9 Å². The number of hydrogen-bond donors (Lipinski definition) is 2. The fourth-order valence-electron chi connectivity index (χ4n) is 2.78. The molecule has 0 saturated heterocycles. The smallest absolute Gasteiger partial charge is 0.236 e. The first kappa shape index (κ1) is 14.9. The molecule has 2 N–H and O–H groups in total. The highest BCUT2D eigenvalue weighted by atomic mass is 16.5. The summed E-state index contributed by atoms with van der Waals surface area (Å²) in [4.78, 5) is 11.9. The molecule has 1 amide bonds. The fraction of sp³-hybridized carbons (Fsp3) is 0.562. The molecule has 0 radical (unpaired) electrons. The molecule has 0 aliphatic heterocycles. The second-order valence-corrected chi connectivity index (χ2v) is 5.29. The Morgan fingerprint density at radius 2 is 2.30 bits per heavy atom. The summed E-state index contributed by atoms with van der Waals surface area (Å²) in [5, 5.41) is 6.30. The number of methoxy groups -OCH3 is 1. The Morgan fingerprint density at radius 1 is 1.50 bits per heavy atom. The topological polar surface area (TPSA) is 50.4 Å². The van der Waals surface area contributed by atoms with E-state index in [1.54, 1.807) is 7.11 Å². The minimum Gasteiger partial charge on any atom is -0.497 e.